The Balaban J connectivity index is 1.95. The molecule has 1 atom stereocenters. The predicted octanol–water partition coefficient (Wildman–Crippen LogP) is 3.60. The highest BCUT2D eigenvalue weighted by Crippen LogP contribution is 2.38. The minimum absolute atomic E-state index is 0.0483. The minimum atomic E-state index is -4.04. The standard InChI is InChI=1S/C19H19F2NO4S2/c1-19(2)17(18(23)24)22(9-10-27-19)28(25,26)14-6-3-12(4-7-14)13-5-8-15(20)16(21)11-13/h3-8,11,17H,9-10H2,1-2H3,(H,23,24)/t17-/m0/s1. The lowest BCUT2D eigenvalue weighted by atomic mass is 10.0. The van der Waals surface area contributed by atoms with Crippen molar-refractivity contribution in [2.24, 2.45) is 0 Å². The molecule has 1 N–H and O–H groups in total. The van der Waals surface area contributed by atoms with Crippen LogP contribution in [0, 0.1) is 11.6 Å². The van der Waals surface area contributed by atoms with Crippen LogP contribution in [0.25, 0.3) is 11.1 Å². The number of hydrogen-bond donors (Lipinski definition) is 1. The van der Waals surface area contributed by atoms with E-state index < -0.39 is 38.4 Å². The van der Waals surface area contributed by atoms with Gasteiger partial charge in [-0.15, -0.1) is 0 Å². The molecule has 0 spiro atoms. The first-order valence-corrected chi connectivity index (χ1v) is 10.9. The summed E-state index contributed by atoms with van der Waals surface area (Å²) in [5.74, 6) is -2.66. The first-order chi connectivity index (χ1) is 13.0. The third-order valence-corrected chi connectivity index (χ3v) is 7.91. The molecule has 0 unspecified atom stereocenters. The number of aliphatic carboxylic acids is 1. The van der Waals surface area contributed by atoms with E-state index >= 15 is 0 Å². The van der Waals surface area contributed by atoms with Crippen LogP contribution < -0.4 is 0 Å². The first kappa shape index (κ1) is 20.8. The number of carbonyl (C=O) groups is 1. The van der Waals surface area contributed by atoms with E-state index in [1.165, 1.54) is 42.1 Å². The Morgan fingerprint density at radius 2 is 1.71 bits per heavy atom. The van der Waals surface area contributed by atoms with Crippen LogP contribution >= 0.6 is 11.8 Å². The molecule has 150 valence electrons. The summed E-state index contributed by atoms with van der Waals surface area (Å²) >= 11 is 1.42. The molecule has 28 heavy (non-hydrogen) atoms. The summed E-state index contributed by atoms with van der Waals surface area (Å²) in [7, 11) is -4.04. The average Bonchev–Trinajstić information content (AvgIpc) is 2.62. The van der Waals surface area contributed by atoms with E-state index in [0.717, 1.165) is 16.4 Å². The van der Waals surface area contributed by atoms with E-state index in [9.17, 15) is 27.1 Å². The van der Waals surface area contributed by atoms with Gasteiger partial charge in [0.15, 0.2) is 11.6 Å². The number of sulfonamides is 1. The van der Waals surface area contributed by atoms with Crippen molar-refractivity contribution in [1.82, 2.24) is 4.31 Å². The quantitative estimate of drug-likeness (QED) is 0.807. The molecule has 1 fully saturated rings. The molecule has 0 saturated carbocycles. The van der Waals surface area contributed by atoms with Gasteiger partial charge in [0.25, 0.3) is 0 Å². The van der Waals surface area contributed by atoms with E-state index in [1.54, 1.807) is 13.8 Å². The molecule has 0 bridgehead atoms. The molecular formula is C19H19F2NO4S2. The molecule has 2 aromatic rings. The zero-order chi connectivity index (χ0) is 20.7. The van der Waals surface area contributed by atoms with Crippen molar-refractivity contribution in [1.29, 1.82) is 0 Å². The largest absolute Gasteiger partial charge is 0.480 e. The van der Waals surface area contributed by atoms with Crippen molar-refractivity contribution >= 4 is 27.8 Å². The van der Waals surface area contributed by atoms with Crippen LogP contribution in [0.3, 0.4) is 0 Å². The van der Waals surface area contributed by atoms with Crippen LogP contribution in [0.5, 0.6) is 0 Å². The van der Waals surface area contributed by atoms with Gasteiger partial charge in [-0.3, -0.25) is 4.79 Å². The van der Waals surface area contributed by atoms with E-state index in [2.05, 4.69) is 0 Å². The number of thioether (sulfide) groups is 1. The first-order valence-electron chi connectivity index (χ1n) is 8.48. The van der Waals surface area contributed by atoms with Crippen molar-refractivity contribution in [2.45, 2.75) is 29.5 Å². The Labute approximate surface area is 166 Å². The number of nitrogens with zero attached hydrogens (tertiary/aromatic N) is 1. The van der Waals surface area contributed by atoms with Gasteiger partial charge in [0, 0.05) is 17.0 Å². The molecular weight excluding hydrogens is 408 g/mol. The molecule has 2 aromatic carbocycles. The summed E-state index contributed by atoms with van der Waals surface area (Å²) in [5.41, 5.74) is 0.920. The monoisotopic (exact) mass is 427 g/mol. The lowest BCUT2D eigenvalue weighted by molar-refractivity contribution is -0.142. The number of carboxylic acid groups (broad SMARTS) is 1. The third-order valence-electron chi connectivity index (χ3n) is 4.68. The van der Waals surface area contributed by atoms with Gasteiger partial charge < -0.3 is 5.11 Å². The van der Waals surface area contributed by atoms with Gasteiger partial charge in [0.2, 0.25) is 10.0 Å². The van der Waals surface area contributed by atoms with Gasteiger partial charge in [0.1, 0.15) is 6.04 Å². The highest BCUT2D eigenvalue weighted by Gasteiger charge is 2.48. The van der Waals surface area contributed by atoms with Gasteiger partial charge in [-0.2, -0.15) is 16.1 Å². The molecule has 0 aromatic heterocycles. The zero-order valence-electron chi connectivity index (χ0n) is 15.2. The second-order valence-electron chi connectivity index (χ2n) is 6.96. The highest BCUT2D eigenvalue weighted by atomic mass is 32.2. The second-order valence-corrected chi connectivity index (χ2v) is 10.6. The maximum atomic E-state index is 13.4. The van der Waals surface area contributed by atoms with E-state index in [0.29, 0.717) is 16.9 Å². The minimum Gasteiger partial charge on any atom is -0.480 e. The zero-order valence-corrected chi connectivity index (χ0v) is 16.9. The summed E-state index contributed by atoms with van der Waals surface area (Å²) in [6.07, 6.45) is 0. The molecule has 5 nitrogen and oxygen atoms in total. The average molecular weight is 427 g/mol. The number of rotatable bonds is 4. The predicted molar refractivity (Wildman–Crippen MR) is 104 cm³/mol. The van der Waals surface area contributed by atoms with E-state index in [-0.39, 0.29) is 11.4 Å². The summed E-state index contributed by atoms with van der Waals surface area (Å²) in [6, 6.07) is 7.90. The van der Waals surface area contributed by atoms with Gasteiger partial charge in [-0.1, -0.05) is 18.2 Å². The molecule has 1 saturated heterocycles. The van der Waals surface area contributed by atoms with Crippen molar-refractivity contribution in [2.75, 3.05) is 12.3 Å². The topological polar surface area (TPSA) is 74.7 Å². The van der Waals surface area contributed by atoms with E-state index in [4.69, 9.17) is 0 Å². The number of halogens is 2. The normalized spacial score (nSPS) is 20.1. The van der Waals surface area contributed by atoms with Crippen LogP contribution in [-0.2, 0) is 14.8 Å². The highest BCUT2D eigenvalue weighted by molar-refractivity contribution is 8.00. The molecule has 0 aliphatic carbocycles. The SMILES string of the molecule is CC1(C)SCCN(S(=O)(=O)c2ccc(-c3ccc(F)c(F)c3)cc2)[C@H]1C(=O)O. The van der Waals surface area contributed by atoms with Crippen LogP contribution in [-0.4, -0.2) is 46.9 Å². The maximum absolute atomic E-state index is 13.4. The smallest absolute Gasteiger partial charge is 0.323 e. The lowest BCUT2D eigenvalue weighted by Crippen LogP contribution is -2.58. The molecule has 9 heteroatoms. The van der Waals surface area contributed by atoms with Gasteiger partial charge in [-0.25, -0.2) is 17.2 Å². The van der Waals surface area contributed by atoms with Crippen LogP contribution in [0.2, 0.25) is 0 Å². The van der Waals surface area contributed by atoms with Gasteiger partial charge in [0.05, 0.1) is 4.90 Å². The molecule has 1 aliphatic heterocycles. The fourth-order valence-electron chi connectivity index (χ4n) is 3.26. The third kappa shape index (κ3) is 3.78. The molecule has 1 aliphatic rings. The Kier molecular flexibility index (Phi) is 5.53. The summed E-state index contributed by atoms with van der Waals surface area (Å²) in [4.78, 5) is 11.7. The molecule has 1 heterocycles. The Hall–Kier alpha value is -1.97. The van der Waals surface area contributed by atoms with Crippen molar-refractivity contribution in [3.63, 3.8) is 0 Å². The van der Waals surface area contributed by atoms with Gasteiger partial charge >= 0.3 is 5.97 Å². The fourth-order valence-corrected chi connectivity index (χ4v) is 6.36. The summed E-state index contributed by atoms with van der Waals surface area (Å²) in [5, 5.41) is 9.61. The number of carboxylic acids is 1. The maximum Gasteiger partial charge on any atom is 0.323 e. The van der Waals surface area contributed by atoms with Crippen LogP contribution in [0.1, 0.15) is 13.8 Å². The Morgan fingerprint density at radius 3 is 2.29 bits per heavy atom. The van der Waals surface area contributed by atoms with Crippen molar-refractivity contribution < 1.29 is 27.1 Å². The number of benzene rings is 2. The van der Waals surface area contributed by atoms with Gasteiger partial charge in [-0.05, 0) is 49.2 Å². The molecule has 3 rings (SSSR count). The molecule has 0 amide bonds. The van der Waals surface area contributed by atoms with Crippen LogP contribution in [0.15, 0.2) is 47.4 Å². The summed E-state index contributed by atoms with van der Waals surface area (Å²) in [6.45, 7) is 3.52. The lowest BCUT2D eigenvalue weighted by Gasteiger charge is -2.42. The fraction of sp³-hybridized carbons (Fsp3) is 0.316. The van der Waals surface area contributed by atoms with Crippen molar-refractivity contribution in [3.8, 4) is 11.1 Å². The van der Waals surface area contributed by atoms with E-state index in [1.807, 2.05) is 0 Å². The Bertz CT molecular complexity index is 1010. The number of hydrogen-bond acceptors (Lipinski definition) is 4. The van der Waals surface area contributed by atoms with Crippen LogP contribution in [0.4, 0.5) is 8.78 Å². The molecule has 0 radical (unpaired) electrons. The summed E-state index contributed by atoms with van der Waals surface area (Å²) < 4.78 is 52.9. The Morgan fingerprint density at radius 1 is 1.11 bits per heavy atom. The second kappa shape index (κ2) is 7.46. The van der Waals surface area contributed by atoms with Crippen molar-refractivity contribution in [3.05, 3.63) is 54.1 Å².